The second kappa shape index (κ2) is 20.1. The Bertz CT molecular complexity index is 2250. The predicted molar refractivity (Wildman–Crippen MR) is 233 cm³/mol. The summed E-state index contributed by atoms with van der Waals surface area (Å²) in [6.45, 7) is 11.5. The normalized spacial score (nSPS) is 17.8. The lowest BCUT2D eigenvalue weighted by Gasteiger charge is -2.43. The van der Waals surface area contributed by atoms with E-state index in [0.29, 0.717) is 81.8 Å². The molecule has 61 heavy (non-hydrogen) atoms. The molecule has 3 aliphatic heterocycles. The van der Waals surface area contributed by atoms with Gasteiger partial charge < -0.3 is 29.5 Å². The summed E-state index contributed by atoms with van der Waals surface area (Å²) >= 11 is 0. The minimum atomic E-state index is -0.801. The number of fused-ring (bicyclic) bond motifs is 2. The summed E-state index contributed by atoms with van der Waals surface area (Å²) in [5.74, 6) is -0.808. The molecule has 15 nitrogen and oxygen atoms in total. The first-order valence-corrected chi connectivity index (χ1v) is 22.2. The maximum absolute atomic E-state index is 14.5. The lowest BCUT2D eigenvalue weighted by molar-refractivity contribution is -0.148. The molecule has 15 heteroatoms. The molecule has 2 aromatic carbocycles. The van der Waals surface area contributed by atoms with Crippen LogP contribution in [0.3, 0.4) is 0 Å². The molecule has 4 aromatic rings. The average molecular weight is 839 g/mol. The predicted octanol–water partition coefficient (Wildman–Crippen LogP) is 5.00. The molecule has 0 saturated carbocycles. The Balaban J connectivity index is 1.05. The molecule has 3 aliphatic rings. The van der Waals surface area contributed by atoms with Crippen LogP contribution in [0.5, 0.6) is 0 Å². The highest BCUT2D eigenvalue weighted by molar-refractivity contribution is 5.88. The van der Waals surface area contributed by atoms with Crippen molar-refractivity contribution < 1.29 is 28.7 Å². The van der Waals surface area contributed by atoms with E-state index in [4.69, 9.17) is 9.47 Å². The number of amides is 3. The van der Waals surface area contributed by atoms with E-state index in [1.54, 1.807) is 9.58 Å². The van der Waals surface area contributed by atoms with Crippen LogP contribution in [-0.2, 0) is 43.7 Å². The summed E-state index contributed by atoms with van der Waals surface area (Å²) in [5.41, 5.74) is 3.75. The number of piperazine rings is 1. The Kier molecular flexibility index (Phi) is 14.4. The number of aromatic nitrogens is 3. The molecule has 1 N–H and O–H groups in total. The number of benzene rings is 2. The van der Waals surface area contributed by atoms with Gasteiger partial charge in [0.25, 0.3) is 5.56 Å². The number of para-hydroxylation sites is 1. The summed E-state index contributed by atoms with van der Waals surface area (Å²) < 4.78 is 14.0. The quantitative estimate of drug-likeness (QED) is 0.172. The number of pyridine rings is 1. The number of aryl methyl sites for hydroxylation is 1. The van der Waals surface area contributed by atoms with Crippen molar-refractivity contribution in [2.75, 3.05) is 59.4 Å². The lowest BCUT2D eigenvalue weighted by Crippen LogP contribution is -2.59. The second-order valence-corrected chi connectivity index (χ2v) is 17.1. The number of likely N-dealkylation sites (tertiary alicyclic amines) is 2. The minimum absolute atomic E-state index is 0.0190. The van der Waals surface area contributed by atoms with E-state index in [1.807, 2.05) is 74.3 Å². The van der Waals surface area contributed by atoms with E-state index in [0.717, 1.165) is 66.4 Å². The minimum Gasteiger partial charge on any atom is -0.444 e. The number of nitrogens with zero attached hydrogens (tertiary/aromatic N) is 7. The summed E-state index contributed by atoms with van der Waals surface area (Å²) in [7, 11) is 2.17. The maximum Gasteiger partial charge on any atom is 0.318 e. The summed E-state index contributed by atoms with van der Waals surface area (Å²) in [4.78, 5) is 75.4. The van der Waals surface area contributed by atoms with Crippen LogP contribution in [0.15, 0.2) is 53.5 Å². The number of hydrogen-bond acceptors (Lipinski definition) is 10. The molecule has 7 rings (SSSR count). The zero-order valence-corrected chi connectivity index (χ0v) is 36.3. The van der Waals surface area contributed by atoms with Crippen molar-refractivity contribution in [3.63, 3.8) is 0 Å². The number of esters is 2. The highest BCUT2D eigenvalue weighted by atomic mass is 16.5. The standard InChI is InChI=1S/C46H62N8O7/c1-5-9-41(55)60-30-53-29-36-26-33(25-32(3)43(36)48-53)27-39(45(58)51-23-21-50(22-24-51)37-15-17-49(4)18-16-37)47-46(59)52-19-13-34(14-20-52)38-28-35-11-7-8-12-40(35)54(44(38)57)31-61-42(56)10-6-2/h7-8,11-12,25-26,28-29,34,37,39H,5-6,9-10,13-24,27,30-31H2,1-4H3,(H,47,59)/t39-/m1/s1. The van der Waals surface area contributed by atoms with Gasteiger partial charge in [0.2, 0.25) is 5.91 Å². The third-order valence-corrected chi connectivity index (χ3v) is 12.6. The lowest BCUT2D eigenvalue weighted by atomic mass is 9.89. The molecule has 3 fully saturated rings. The van der Waals surface area contributed by atoms with E-state index < -0.39 is 6.04 Å². The molecule has 2 aromatic heterocycles. The number of carbonyl (C=O) groups excluding carboxylic acids is 4. The summed E-state index contributed by atoms with van der Waals surface area (Å²) in [6.07, 6.45) is 7.54. The van der Waals surface area contributed by atoms with Crippen LogP contribution in [-0.4, -0.2) is 129 Å². The largest absolute Gasteiger partial charge is 0.444 e. The SMILES string of the molecule is CCCC(=O)OCn1cc2cc(C[C@@H](NC(=O)N3CCC(c4cc5ccccc5n(COC(=O)CCC)c4=O)CC3)C(=O)N3CCN(C4CCN(C)CC4)CC3)cc(C)c2n1. The third kappa shape index (κ3) is 10.6. The molecule has 0 aliphatic carbocycles. The van der Waals surface area contributed by atoms with E-state index in [1.165, 1.54) is 4.57 Å². The maximum atomic E-state index is 14.5. The molecule has 1 atom stereocenters. The Morgan fingerprint density at radius 3 is 2.16 bits per heavy atom. The average Bonchev–Trinajstić information content (AvgIpc) is 3.69. The van der Waals surface area contributed by atoms with Crippen molar-refractivity contribution in [2.45, 2.75) is 110 Å². The van der Waals surface area contributed by atoms with Crippen molar-refractivity contribution in [1.29, 1.82) is 0 Å². The van der Waals surface area contributed by atoms with Crippen LogP contribution in [0, 0.1) is 6.92 Å². The van der Waals surface area contributed by atoms with Gasteiger partial charge in [-0.2, -0.15) is 5.10 Å². The topological polar surface area (TPSA) is 152 Å². The van der Waals surface area contributed by atoms with Crippen LogP contribution < -0.4 is 10.9 Å². The van der Waals surface area contributed by atoms with Gasteiger partial charge >= 0.3 is 18.0 Å². The highest BCUT2D eigenvalue weighted by Gasteiger charge is 2.34. The van der Waals surface area contributed by atoms with Gasteiger partial charge in [-0.05, 0) is 106 Å². The van der Waals surface area contributed by atoms with Gasteiger partial charge in [0.1, 0.15) is 6.04 Å². The number of urea groups is 1. The molecule has 0 bridgehead atoms. The number of ether oxygens (including phenoxy) is 2. The number of nitrogens with one attached hydrogen (secondary N) is 1. The van der Waals surface area contributed by atoms with Crippen LogP contribution in [0.25, 0.3) is 21.8 Å². The fourth-order valence-corrected chi connectivity index (χ4v) is 9.18. The Labute approximate surface area is 357 Å². The fourth-order valence-electron chi connectivity index (χ4n) is 9.18. The summed E-state index contributed by atoms with van der Waals surface area (Å²) in [6, 6.07) is 13.0. The van der Waals surface area contributed by atoms with Gasteiger partial charge in [-0.15, -0.1) is 0 Å². The van der Waals surface area contributed by atoms with Gasteiger partial charge in [-0.25, -0.2) is 9.48 Å². The Hall–Kier alpha value is -5.28. The molecule has 0 spiro atoms. The van der Waals surface area contributed by atoms with Crippen molar-refractivity contribution in [2.24, 2.45) is 0 Å². The number of carbonyl (C=O) groups is 4. The molecule has 3 amide bonds. The third-order valence-electron chi connectivity index (χ3n) is 12.6. The van der Waals surface area contributed by atoms with Crippen LogP contribution in [0.1, 0.15) is 87.8 Å². The van der Waals surface area contributed by atoms with E-state index >= 15 is 0 Å². The molecular weight excluding hydrogens is 777 g/mol. The molecule has 328 valence electrons. The smallest absolute Gasteiger partial charge is 0.318 e. The van der Waals surface area contributed by atoms with Crippen LogP contribution in [0.2, 0.25) is 0 Å². The van der Waals surface area contributed by atoms with Gasteiger partial charge in [-0.1, -0.05) is 38.1 Å². The van der Waals surface area contributed by atoms with Crippen molar-refractivity contribution in [3.8, 4) is 0 Å². The summed E-state index contributed by atoms with van der Waals surface area (Å²) in [5, 5.41) is 9.54. The Morgan fingerprint density at radius 1 is 0.803 bits per heavy atom. The van der Waals surface area contributed by atoms with Gasteiger partial charge in [0, 0.05) is 81.7 Å². The molecule has 0 unspecified atom stereocenters. The number of rotatable bonds is 14. The number of piperidine rings is 2. The van der Waals surface area contributed by atoms with Crippen LogP contribution in [0.4, 0.5) is 4.79 Å². The van der Waals surface area contributed by atoms with Gasteiger partial charge in [0.05, 0.1) is 11.0 Å². The van der Waals surface area contributed by atoms with Crippen molar-refractivity contribution in [1.82, 2.24) is 39.3 Å². The number of hydrogen-bond donors (Lipinski definition) is 1. The van der Waals surface area contributed by atoms with Crippen LogP contribution >= 0.6 is 0 Å². The van der Waals surface area contributed by atoms with E-state index in [9.17, 15) is 24.0 Å². The van der Waals surface area contributed by atoms with Gasteiger partial charge in [-0.3, -0.25) is 28.6 Å². The van der Waals surface area contributed by atoms with E-state index in [2.05, 4.69) is 27.3 Å². The zero-order chi connectivity index (χ0) is 43.0. The fraction of sp³-hybridized carbons (Fsp3) is 0.565. The zero-order valence-electron chi connectivity index (χ0n) is 36.3. The second-order valence-electron chi connectivity index (χ2n) is 17.1. The van der Waals surface area contributed by atoms with Crippen molar-refractivity contribution >= 4 is 45.7 Å². The van der Waals surface area contributed by atoms with Crippen molar-refractivity contribution in [3.05, 3.63) is 75.7 Å². The first kappa shape index (κ1) is 43.8. The highest BCUT2D eigenvalue weighted by Crippen LogP contribution is 2.29. The first-order valence-electron chi connectivity index (χ1n) is 22.2. The monoisotopic (exact) mass is 838 g/mol. The molecule has 0 radical (unpaired) electrons. The molecule has 3 saturated heterocycles. The first-order chi connectivity index (χ1) is 29.5. The molecule has 5 heterocycles. The molecular formula is C46H62N8O7. The Morgan fingerprint density at radius 2 is 1.48 bits per heavy atom. The van der Waals surface area contributed by atoms with E-state index in [-0.39, 0.29) is 55.2 Å². The van der Waals surface area contributed by atoms with Gasteiger partial charge in [0.15, 0.2) is 13.5 Å².